The minimum atomic E-state index is -2.98. The third-order valence-electron chi connectivity index (χ3n) is 16.7. The Bertz CT molecular complexity index is 2030. The van der Waals surface area contributed by atoms with Crippen LogP contribution in [0.15, 0.2) is 24.3 Å². The van der Waals surface area contributed by atoms with Gasteiger partial charge in [-0.25, -0.2) is 9.59 Å². The van der Waals surface area contributed by atoms with Crippen LogP contribution in [0.25, 0.3) is 0 Å². The van der Waals surface area contributed by atoms with Crippen molar-refractivity contribution in [1.82, 2.24) is 0 Å². The summed E-state index contributed by atoms with van der Waals surface area (Å²) < 4.78 is 30.9. The van der Waals surface area contributed by atoms with Gasteiger partial charge in [-0.1, -0.05) is 290 Å². The van der Waals surface area contributed by atoms with Crippen molar-refractivity contribution in [3.8, 4) is 5.75 Å². The van der Waals surface area contributed by atoms with Crippen molar-refractivity contribution in [2.75, 3.05) is 33.0 Å². The number of aliphatic hydroxyl groups is 1. The van der Waals surface area contributed by atoms with Gasteiger partial charge in [0.05, 0.1) is 49.6 Å². The average molecular weight is 1230 g/mol. The number of hydrogen-bond acceptors (Lipinski definition) is 12. The summed E-state index contributed by atoms with van der Waals surface area (Å²) in [5, 5.41) is 11.8. The van der Waals surface area contributed by atoms with E-state index in [2.05, 4.69) is 13.8 Å². The molecule has 0 heterocycles. The van der Waals surface area contributed by atoms with Gasteiger partial charge >= 0.3 is 29.1 Å². The Morgan fingerprint density at radius 3 is 0.882 bits per heavy atom. The molecule has 2 aromatic rings. The van der Waals surface area contributed by atoms with Gasteiger partial charge in [0.25, 0.3) is 0 Å². The number of hydrogen-bond donors (Lipinski definition) is 5. The van der Waals surface area contributed by atoms with Gasteiger partial charge in [0.15, 0.2) is 0 Å². The predicted octanol–water partition coefficient (Wildman–Crippen LogP) is 20.3. The van der Waals surface area contributed by atoms with Gasteiger partial charge in [-0.2, -0.15) is 0 Å². The second-order valence-corrected chi connectivity index (χ2v) is 30.4. The molecular formula is C71H126O12P2. The number of carbonyl (C=O) groups excluding carboxylic acids is 2. The Kier molecular flexibility index (Phi) is 38.9. The van der Waals surface area contributed by atoms with E-state index in [1.807, 2.05) is 107 Å². The first-order valence-electron chi connectivity index (χ1n) is 33.8. The first-order chi connectivity index (χ1) is 40.1. The fraction of sp³-hybridized carbons (Fsp3) is 0.803. The second kappa shape index (κ2) is 41.9. The van der Waals surface area contributed by atoms with Crippen molar-refractivity contribution in [3.05, 3.63) is 63.2 Å². The van der Waals surface area contributed by atoms with E-state index in [1.165, 1.54) is 167 Å². The lowest BCUT2D eigenvalue weighted by molar-refractivity contribution is -0.0674. The molecule has 5 N–H and O–H groups in total. The van der Waals surface area contributed by atoms with Crippen LogP contribution >= 0.6 is 17.2 Å². The molecule has 0 bridgehead atoms. The minimum Gasteiger partial charge on any atom is -0.484 e. The summed E-state index contributed by atoms with van der Waals surface area (Å²) in [5.41, 5.74) is -0.380. The molecule has 1 atom stereocenters. The van der Waals surface area contributed by atoms with Crippen molar-refractivity contribution < 1.29 is 57.5 Å². The number of esters is 2. The zero-order valence-electron chi connectivity index (χ0n) is 56.5. The van der Waals surface area contributed by atoms with E-state index in [-0.39, 0.29) is 6.61 Å². The molecule has 0 aliphatic rings. The molecule has 0 saturated carbocycles. The van der Waals surface area contributed by atoms with Crippen LogP contribution < -0.4 is 4.74 Å². The topological polar surface area (TPSA) is 181 Å². The fourth-order valence-electron chi connectivity index (χ4n) is 11.4. The van der Waals surface area contributed by atoms with Crippen molar-refractivity contribution in [2.45, 2.75) is 330 Å². The van der Waals surface area contributed by atoms with E-state index >= 15 is 0 Å². The van der Waals surface area contributed by atoms with Crippen LogP contribution in [-0.2, 0) is 40.2 Å². The fourth-order valence-corrected chi connectivity index (χ4v) is 12.2. The molecule has 0 aromatic heterocycles. The quantitative estimate of drug-likeness (QED) is 0.0241. The lowest BCUT2D eigenvalue weighted by Crippen LogP contribution is -2.46. The molecular weight excluding hydrogens is 1110 g/mol. The lowest BCUT2D eigenvalue weighted by atomic mass is 9.68. The largest absolute Gasteiger partial charge is 0.484 e. The monoisotopic (exact) mass is 1230 g/mol. The van der Waals surface area contributed by atoms with E-state index < -0.39 is 82.1 Å². The first-order valence-corrected chi connectivity index (χ1v) is 36.1. The second-order valence-electron chi connectivity index (χ2n) is 28.8. The number of ether oxygens (including phenoxy) is 3. The molecule has 0 spiro atoms. The summed E-state index contributed by atoms with van der Waals surface area (Å²) in [7, 11) is -5.95. The summed E-state index contributed by atoms with van der Waals surface area (Å²) >= 11 is 0. The van der Waals surface area contributed by atoms with Gasteiger partial charge in [-0.15, -0.1) is 0 Å². The maximum absolute atomic E-state index is 14.3. The Labute approximate surface area is 521 Å². The molecule has 0 radical (unpaired) electrons. The van der Waals surface area contributed by atoms with E-state index in [0.29, 0.717) is 51.3 Å². The Morgan fingerprint density at radius 2 is 0.647 bits per heavy atom. The highest BCUT2D eigenvalue weighted by Gasteiger charge is 2.49. The highest BCUT2D eigenvalue weighted by Crippen LogP contribution is 2.52. The molecule has 492 valence electrons. The summed E-state index contributed by atoms with van der Waals surface area (Å²) in [4.78, 5) is 69.8. The smallest absolute Gasteiger partial charge is 0.338 e. The van der Waals surface area contributed by atoms with Gasteiger partial charge < -0.3 is 47.9 Å². The van der Waals surface area contributed by atoms with E-state index in [0.717, 1.165) is 38.5 Å². The van der Waals surface area contributed by atoms with Gasteiger partial charge in [-0.05, 0) is 69.9 Å². The van der Waals surface area contributed by atoms with Gasteiger partial charge in [0.2, 0.25) is 0 Å². The molecule has 14 heteroatoms. The number of unbranched alkanes of at least 4 members (excludes halogenated alkanes) is 30. The molecule has 0 aliphatic carbocycles. The minimum absolute atomic E-state index is 0.285. The molecule has 1 unspecified atom stereocenters. The van der Waals surface area contributed by atoms with Gasteiger partial charge in [-0.3, -0.25) is 0 Å². The maximum atomic E-state index is 14.3. The van der Waals surface area contributed by atoms with Crippen molar-refractivity contribution >= 4 is 29.1 Å². The maximum Gasteiger partial charge on any atom is 0.338 e. The highest BCUT2D eigenvalue weighted by atomic mass is 31.2. The van der Waals surface area contributed by atoms with Crippen LogP contribution in [0.4, 0.5) is 0 Å². The first kappa shape index (κ1) is 78.9. The average Bonchev–Trinajstić information content (AvgIpc) is 2.66. The van der Waals surface area contributed by atoms with Gasteiger partial charge in [0.1, 0.15) is 11.9 Å². The zero-order valence-corrected chi connectivity index (χ0v) is 58.3. The molecule has 0 aliphatic heterocycles. The summed E-state index contributed by atoms with van der Waals surface area (Å²) in [6, 6.07) is 7.29. The predicted molar refractivity (Wildman–Crippen MR) is 355 cm³/mol. The highest BCUT2D eigenvalue weighted by molar-refractivity contribution is 7.39. The van der Waals surface area contributed by atoms with Crippen molar-refractivity contribution in [1.29, 1.82) is 0 Å². The molecule has 2 rings (SSSR count). The Balaban J connectivity index is 2.50. The van der Waals surface area contributed by atoms with Crippen LogP contribution in [0.2, 0.25) is 0 Å². The zero-order chi connectivity index (χ0) is 63.5. The van der Waals surface area contributed by atoms with Crippen LogP contribution in [-0.4, -0.2) is 69.7 Å². The van der Waals surface area contributed by atoms with Crippen molar-refractivity contribution in [3.63, 3.8) is 0 Å². The third kappa shape index (κ3) is 31.4. The number of rotatable bonds is 47. The summed E-state index contributed by atoms with van der Waals surface area (Å²) in [6.07, 6.45) is 38.8. The Hall–Kier alpha value is -2.24. The van der Waals surface area contributed by atoms with E-state index in [1.54, 1.807) is 0 Å². The normalized spacial score (nSPS) is 13.1. The number of carbonyl (C=O) groups is 2. The van der Waals surface area contributed by atoms with E-state index in [4.69, 9.17) is 23.3 Å². The Morgan fingerprint density at radius 1 is 0.400 bits per heavy atom. The molecule has 0 amide bonds. The summed E-state index contributed by atoms with van der Waals surface area (Å²) in [5.74, 6) is -0.474. The molecule has 85 heavy (non-hydrogen) atoms. The van der Waals surface area contributed by atoms with Crippen LogP contribution in [0, 0.1) is 5.41 Å². The van der Waals surface area contributed by atoms with Crippen LogP contribution in [0.1, 0.15) is 357 Å². The molecule has 0 saturated heterocycles. The SMILES string of the molecule is CCCCCCCCCCCCCCCCCCOC(=O)c1cc(C(C)(C)C)c(OC(c2c(C(C)(C)C)cc(C(=O)OCCCCCCCCCCCCCCCCCC)cc2C(C)(C)C)C(CO)(COP(O)O)COP(O)O)c(C(C)(C)C)c1. The summed E-state index contributed by atoms with van der Waals surface area (Å²) in [6.45, 7) is 27.6. The van der Waals surface area contributed by atoms with Gasteiger partial charge in [0, 0.05) is 16.7 Å². The number of aliphatic hydroxyl groups excluding tert-OH is 1. The molecule has 2 aromatic carbocycles. The lowest BCUT2D eigenvalue weighted by Gasteiger charge is -2.44. The van der Waals surface area contributed by atoms with Crippen molar-refractivity contribution in [2.24, 2.45) is 5.41 Å². The molecule has 12 nitrogen and oxygen atoms in total. The van der Waals surface area contributed by atoms with Crippen LogP contribution in [0.3, 0.4) is 0 Å². The molecule has 0 fully saturated rings. The number of benzene rings is 2. The third-order valence-corrected chi connectivity index (χ3v) is 17.5. The van der Waals surface area contributed by atoms with E-state index in [9.17, 15) is 34.3 Å². The van der Waals surface area contributed by atoms with Crippen LogP contribution in [0.5, 0.6) is 5.75 Å². The standard InChI is InChI=1S/C71H126O12P2/c1-15-17-19-21-23-25-27-29-31-33-35-37-39-41-43-45-47-79-65(73)56-49-58(67(3,4)5)62(59(50-56)68(6,7)8)64(71(53-72,54-81-84(75)76)55-82-85(77)78)83-63-60(69(9,10)11)51-57(52-61(63)70(12,13)14)66(74)80-48-46-44-42-40-38-36-34-32-30-28-26-24-22-20-18-16-2/h49-52,64,72,75-78H,15-48,53-55H2,1-14H3.